The van der Waals surface area contributed by atoms with Crippen molar-refractivity contribution in [2.24, 2.45) is 0 Å². The molecule has 1 aliphatic carbocycles. The fraction of sp³-hybridized carbons (Fsp3) is 0.0159. The van der Waals surface area contributed by atoms with Gasteiger partial charge in [0.15, 0.2) is 0 Å². The lowest BCUT2D eigenvalue weighted by Crippen LogP contribution is -2.28. The van der Waals surface area contributed by atoms with Crippen molar-refractivity contribution in [2.75, 3.05) is 9.80 Å². The van der Waals surface area contributed by atoms with Crippen molar-refractivity contribution in [1.82, 2.24) is 0 Å². The summed E-state index contributed by atoms with van der Waals surface area (Å²) in [6.07, 6.45) is 0. The first-order valence-corrected chi connectivity index (χ1v) is 22.5. The Balaban J connectivity index is 0.900. The van der Waals surface area contributed by atoms with Gasteiger partial charge in [-0.25, -0.2) is 0 Å². The van der Waals surface area contributed by atoms with Gasteiger partial charge in [0.05, 0.1) is 16.8 Å². The van der Waals surface area contributed by atoms with Gasteiger partial charge in [-0.1, -0.05) is 188 Å². The van der Waals surface area contributed by atoms with Crippen LogP contribution in [-0.4, -0.2) is 0 Å². The Labute approximate surface area is 379 Å². The first kappa shape index (κ1) is 37.1. The third kappa shape index (κ3) is 5.74. The van der Waals surface area contributed by atoms with Gasteiger partial charge < -0.3 is 9.80 Å². The second-order valence-electron chi connectivity index (χ2n) is 17.3. The number of hydrogen-bond donors (Lipinski definition) is 0. The van der Waals surface area contributed by atoms with Crippen molar-refractivity contribution in [2.45, 2.75) is 5.41 Å². The van der Waals surface area contributed by atoms with E-state index in [1.54, 1.807) is 0 Å². The molecule has 304 valence electrons. The Kier molecular flexibility index (Phi) is 8.47. The molecule has 0 saturated carbocycles. The van der Waals surface area contributed by atoms with Crippen molar-refractivity contribution in [1.29, 1.82) is 0 Å². The zero-order valence-electron chi connectivity index (χ0n) is 35.6. The molecule has 0 N–H and O–H groups in total. The number of anilines is 6. The average Bonchev–Trinajstić information content (AvgIpc) is 3.68. The Morgan fingerprint density at radius 1 is 0.308 bits per heavy atom. The van der Waals surface area contributed by atoms with Crippen LogP contribution in [0.2, 0.25) is 0 Å². The highest BCUT2D eigenvalue weighted by atomic mass is 15.2. The summed E-state index contributed by atoms with van der Waals surface area (Å²) in [5.74, 6) is 0. The lowest BCUT2D eigenvalue weighted by atomic mass is 9.67. The fourth-order valence-electron chi connectivity index (χ4n) is 11.0. The molecule has 2 nitrogen and oxygen atoms in total. The van der Waals surface area contributed by atoms with Crippen molar-refractivity contribution in [3.63, 3.8) is 0 Å². The van der Waals surface area contributed by atoms with E-state index in [0.29, 0.717) is 0 Å². The van der Waals surface area contributed by atoms with Crippen molar-refractivity contribution in [3.05, 3.63) is 277 Å². The molecule has 0 aromatic heterocycles. The number of hydrogen-bond acceptors (Lipinski definition) is 2. The van der Waals surface area contributed by atoms with Crippen LogP contribution in [0.4, 0.5) is 34.1 Å². The minimum atomic E-state index is -0.483. The molecule has 2 heteroatoms. The highest BCUT2D eigenvalue weighted by molar-refractivity contribution is 6.15. The predicted molar refractivity (Wildman–Crippen MR) is 273 cm³/mol. The van der Waals surface area contributed by atoms with Gasteiger partial charge in [0.25, 0.3) is 0 Å². The van der Waals surface area contributed by atoms with Gasteiger partial charge >= 0.3 is 0 Å². The molecule has 11 aromatic rings. The highest BCUT2D eigenvalue weighted by Crippen LogP contribution is 2.57. The van der Waals surface area contributed by atoms with E-state index >= 15 is 0 Å². The van der Waals surface area contributed by atoms with Gasteiger partial charge in [0, 0.05) is 33.7 Å². The van der Waals surface area contributed by atoms with Crippen molar-refractivity contribution >= 4 is 55.7 Å². The maximum atomic E-state index is 2.45. The Bertz CT molecular complexity index is 3530. The van der Waals surface area contributed by atoms with E-state index in [9.17, 15) is 0 Å². The van der Waals surface area contributed by atoms with Crippen LogP contribution >= 0.6 is 0 Å². The third-order valence-corrected chi connectivity index (χ3v) is 13.8. The van der Waals surface area contributed by atoms with Gasteiger partial charge in [-0.15, -0.1) is 0 Å². The molecule has 0 bridgehead atoms. The molecule has 1 aliphatic heterocycles. The molecule has 1 heterocycles. The first-order chi connectivity index (χ1) is 32.2. The molecule has 0 unspecified atom stereocenters. The number of fused-ring (bicyclic) bond motifs is 6. The minimum absolute atomic E-state index is 0.483. The quantitative estimate of drug-likeness (QED) is 0.158. The summed E-state index contributed by atoms with van der Waals surface area (Å²) >= 11 is 0. The van der Waals surface area contributed by atoms with Gasteiger partial charge in [-0.05, 0) is 133 Å². The maximum absolute atomic E-state index is 2.45. The molecule has 0 saturated heterocycles. The molecule has 11 aromatic carbocycles. The van der Waals surface area contributed by atoms with Gasteiger partial charge in [0.1, 0.15) is 0 Å². The van der Waals surface area contributed by atoms with Crippen LogP contribution in [0.3, 0.4) is 0 Å². The van der Waals surface area contributed by atoms with Gasteiger partial charge in [0.2, 0.25) is 0 Å². The second-order valence-corrected chi connectivity index (χ2v) is 17.3. The monoisotopic (exact) mass is 826 g/mol. The number of benzene rings is 11. The molecule has 0 atom stereocenters. The summed E-state index contributed by atoms with van der Waals surface area (Å²) < 4.78 is 0. The first-order valence-electron chi connectivity index (χ1n) is 22.5. The normalized spacial score (nSPS) is 13.0. The Morgan fingerprint density at radius 3 is 1.54 bits per heavy atom. The van der Waals surface area contributed by atoms with Crippen LogP contribution < -0.4 is 9.80 Å². The molecule has 0 amide bonds. The molecular formula is C63H42N2. The molecule has 65 heavy (non-hydrogen) atoms. The van der Waals surface area contributed by atoms with E-state index in [-0.39, 0.29) is 0 Å². The Morgan fingerprint density at radius 2 is 0.831 bits per heavy atom. The maximum Gasteiger partial charge on any atom is 0.0714 e. The van der Waals surface area contributed by atoms with Crippen molar-refractivity contribution in [3.8, 4) is 33.4 Å². The molecule has 2 aliphatic rings. The standard InChI is InChI=1S/C63H42N2/c1-4-20-48(21-5-1)63(49-22-6-2-7-23-49)58-28-13-12-26-54(58)55-39-38-53(42-59(55)63)64(50-24-8-3-9-25-50)51-34-30-43(31-35-51)44-32-36-52(37-33-44)65-60-29-15-19-45-18-14-27-56(62(45)60)57-40-46-16-10-11-17-47(46)41-61(57)65/h1-42H. The second kappa shape index (κ2) is 14.8. The van der Waals surface area contributed by atoms with Crippen LogP contribution in [0.5, 0.6) is 0 Å². The van der Waals surface area contributed by atoms with E-state index in [4.69, 9.17) is 0 Å². The van der Waals surface area contributed by atoms with E-state index in [2.05, 4.69) is 265 Å². The van der Waals surface area contributed by atoms with E-state index in [1.807, 2.05) is 0 Å². The number of para-hydroxylation sites is 1. The smallest absolute Gasteiger partial charge is 0.0714 e. The summed E-state index contributed by atoms with van der Waals surface area (Å²) in [5, 5.41) is 5.03. The Hall–Kier alpha value is -8.46. The van der Waals surface area contributed by atoms with E-state index in [1.165, 1.54) is 88.6 Å². The van der Waals surface area contributed by atoms with Crippen LogP contribution in [-0.2, 0) is 5.41 Å². The topological polar surface area (TPSA) is 6.48 Å². The largest absolute Gasteiger partial charge is 0.310 e. The van der Waals surface area contributed by atoms with Crippen LogP contribution in [0, 0.1) is 0 Å². The zero-order valence-corrected chi connectivity index (χ0v) is 35.6. The lowest BCUT2D eigenvalue weighted by Gasteiger charge is -2.35. The zero-order chi connectivity index (χ0) is 42.9. The fourth-order valence-corrected chi connectivity index (χ4v) is 11.0. The number of rotatable bonds is 7. The van der Waals surface area contributed by atoms with Crippen LogP contribution in [0.1, 0.15) is 22.3 Å². The third-order valence-electron chi connectivity index (χ3n) is 13.8. The van der Waals surface area contributed by atoms with Gasteiger partial charge in [-0.2, -0.15) is 0 Å². The summed E-state index contributed by atoms with van der Waals surface area (Å²) in [6, 6.07) is 93.8. The lowest BCUT2D eigenvalue weighted by molar-refractivity contribution is 0.768. The van der Waals surface area contributed by atoms with Crippen molar-refractivity contribution < 1.29 is 0 Å². The average molecular weight is 827 g/mol. The van der Waals surface area contributed by atoms with Crippen LogP contribution in [0.15, 0.2) is 255 Å². The van der Waals surface area contributed by atoms with E-state index < -0.39 is 5.41 Å². The minimum Gasteiger partial charge on any atom is -0.310 e. The molecular weight excluding hydrogens is 785 g/mol. The molecule has 0 spiro atoms. The summed E-state index contributed by atoms with van der Waals surface area (Å²) in [4.78, 5) is 4.84. The molecule has 0 radical (unpaired) electrons. The van der Waals surface area contributed by atoms with E-state index in [0.717, 1.165) is 22.7 Å². The highest BCUT2D eigenvalue weighted by Gasteiger charge is 2.46. The van der Waals surface area contributed by atoms with Crippen LogP contribution in [0.25, 0.3) is 54.9 Å². The molecule has 13 rings (SSSR count). The predicted octanol–water partition coefficient (Wildman–Crippen LogP) is 16.9. The van der Waals surface area contributed by atoms with Gasteiger partial charge in [-0.3, -0.25) is 0 Å². The SMILES string of the molecule is c1ccc(N(c2ccc(-c3ccc(N4c5cc6ccccc6cc5-c5cccc6cccc4c56)cc3)cc2)c2ccc3c(c2)C(c2ccccc2)(c2ccccc2)c2ccccc2-3)cc1. The molecule has 0 fully saturated rings. The summed E-state index contributed by atoms with van der Waals surface area (Å²) in [7, 11) is 0. The summed E-state index contributed by atoms with van der Waals surface area (Å²) in [6.45, 7) is 0. The number of nitrogens with zero attached hydrogens (tertiary/aromatic N) is 2. The summed E-state index contributed by atoms with van der Waals surface area (Å²) in [5.41, 5.74) is 18.9.